The van der Waals surface area contributed by atoms with E-state index in [9.17, 15) is 13.5 Å². The van der Waals surface area contributed by atoms with Gasteiger partial charge in [0.05, 0.1) is 11.4 Å². The van der Waals surface area contributed by atoms with E-state index in [0.29, 0.717) is 44.0 Å². The molecule has 2 rings (SSSR count). The van der Waals surface area contributed by atoms with Crippen molar-refractivity contribution < 1.29 is 13.5 Å². The Bertz CT molecular complexity index is 765. The molecule has 3 N–H and O–H groups in total. The number of para-hydroxylation sites is 1. The Labute approximate surface area is 175 Å². The predicted molar refractivity (Wildman–Crippen MR) is 120 cm³/mol. The number of sulfonamides is 1. The Morgan fingerprint density at radius 3 is 2.72 bits per heavy atom. The molecular formula is C21H36N4O3S. The first-order chi connectivity index (χ1) is 13.9. The van der Waals surface area contributed by atoms with Gasteiger partial charge in [-0.25, -0.2) is 8.42 Å². The highest BCUT2D eigenvalue weighted by atomic mass is 32.2. The highest BCUT2D eigenvalue weighted by Crippen LogP contribution is 2.29. The molecule has 0 bridgehead atoms. The topological polar surface area (TPSA) is 94.0 Å². The molecule has 29 heavy (non-hydrogen) atoms. The number of hydrogen-bond donors (Lipinski definition) is 3. The molecule has 8 heteroatoms. The maximum atomic E-state index is 12.8. The smallest absolute Gasteiger partial charge is 0.236 e. The first kappa shape index (κ1) is 23.5. The zero-order valence-corrected chi connectivity index (χ0v) is 18.7. The maximum absolute atomic E-state index is 12.8. The Morgan fingerprint density at radius 2 is 2.03 bits per heavy atom. The second kappa shape index (κ2) is 11.4. The number of rotatable bonds is 11. The summed E-state index contributed by atoms with van der Waals surface area (Å²) in [4.78, 5) is 4.61. The summed E-state index contributed by atoms with van der Waals surface area (Å²) in [6, 6.07) is 7.67. The second-order valence-corrected chi connectivity index (χ2v) is 9.93. The highest BCUT2D eigenvalue weighted by molar-refractivity contribution is 7.92. The van der Waals surface area contributed by atoms with Gasteiger partial charge in [-0.1, -0.05) is 32.0 Å². The summed E-state index contributed by atoms with van der Waals surface area (Å²) in [6.45, 7) is 8.58. The van der Waals surface area contributed by atoms with Crippen molar-refractivity contribution in [3.05, 3.63) is 29.8 Å². The average molecular weight is 425 g/mol. The molecule has 1 aromatic carbocycles. The van der Waals surface area contributed by atoms with Gasteiger partial charge in [0, 0.05) is 32.8 Å². The molecule has 1 aliphatic rings. The van der Waals surface area contributed by atoms with E-state index in [1.54, 1.807) is 0 Å². The summed E-state index contributed by atoms with van der Waals surface area (Å²) < 4.78 is 27.1. The Balaban J connectivity index is 1.93. The van der Waals surface area contributed by atoms with Gasteiger partial charge in [0.1, 0.15) is 0 Å². The van der Waals surface area contributed by atoms with Gasteiger partial charge >= 0.3 is 0 Å². The van der Waals surface area contributed by atoms with Crippen LogP contribution in [0.2, 0.25) is 0 Å². The summed E-state index contributed by atoms with van der Waals surface area (Å²) in [7, 11) is -3.38. The summed E-state index contributed by atoms with van der Waals surface area (Å²) >= 11 is 0. The fraction of sp³-hybridized carbons (Fsp3) is 0.667. The van der Waals surface area contributed by atoms with Crippen LogP contribution in [-0.2, 0) is 16.4 Å². The highest BCUT2D eigenvalue weighted by Gasteiger charge is 2.28. The van der Waals surface area contributed by atoms with Crippen molar-refractivity contribution in [3.63, 3.8) is 0 Å². The van der Waals surface area contributed by atoms with E-state index in [0.717, 1.165) is 30.5 Å². The molecule has 1 aromatic rings. The van der Waals surface area contributed by atoms with Crippen LogP contribution in [-0.4, -0.2) is 58.0 Å². The van der Waals surface area contributed by atoms with Crippen LogP contribution >= 0.6 is 0 Å². The van der Waals surface area contributed by atoms with Gasteiger partial charge in [0.15, 0.2) is 5.96 Å². The minimum atomic E-state index is -3.38. The molecule has 1 atom stereocenters. The first-order valence-electron chi connectivity index (χ1n) is 10.6. The molecule has 164 valence electrons. The van der Waals surface area contributed by atoms with Gasteiger partial charge in [-0.15, -0.1) is 0 Å². The molecule has 0 aliphatic carbocycles. The zero-order valence-electron chi connectivity index (χ0n) is 17.9. The number of hydrogen-bond acceptors (Lipinski definition) is 4. The van der Waals surface area contributed by atoms with Crippen molar-refractivity contribution >= 4 is 21.7 Å². The third-order valence-corrected chi connectivity index (χ3v) is 6.80. The second-order valence-electron chi connectivity index (χ2n) is 7.92. The van der Waals surface area contributed by atoms with Crippen LogP contribution in [0.25, 0.3) is 0 Å². The number of aliphatic hydroxyl groups is 1. The lowest BCUT2D eigenvalue weighted by molar-refractivity contribution is 0.245. The van der Waals surface area contributed by atoms with Gasteiger partial charge < -0.3 is 15.7 Å². The lowest BCUT2D eigenvalue weighted by Crippen LogP contribution is -2.42. The number of benzene rings is 1. The largest absolute Gasteiger partial charge is 0.396 e. The fourth-order valence-corrected chi connectivity index (χ4v) is 5.13. The van der Waals surface area contributed by atoms with Crippen molar-refractivity contribution in [1.82, 2.24) is 10.6 Å². The standard InChI is InChI=1S/C21H36N4O3S/c1-4-22-21(24-16-18(10-13-26)15-17(2)3)23-11-14-29(27,28)25-12-9-19-7-5-6-8-20(19)25/h5-8,17-18,26H,4,9-16H2,1-3H3,(H2,22,23,24). The van der Waals surface area contributed by atoms with Crippen LogP contribution < -0.4 is 14.9 Å². The van der Waals surface area contributed by atoms with Gasteiger partial charge in [-0.2, -0.15) is 0 Å². The molecule has 0 radical (unpaired) electrons. The summed E-state index contributed by atoms with van der Waals surface area (Å²) in [6.07, 6.45) is 2.49. The molecule has 1 unspecified atom stereocenters. The van der Waals surface area contributed by atoms with Crippen molar-refractivity contribution in [2.45, 2.75) is 40.0 Å². The zero-order chi connectivity index (χ0) is 21.3. The molecule has 7 nitrogen and oxygen atoms in total. The summed E-state index contributed by atoms with van der Waals surface area (Å²) in [5.74, 6) is 1.50. The van der Waals surface area contributed by atoms with E-state index in [-0.39, 0.29) is 12.4 Å². The van der Waals surface area contributed by atoms with Crippen LogP contribution in [0.4, 0.5) is 5.69 Å². The number of guanidine groups is 1. The minimum absolute atomic E-state index is 0.0117. The van der Waals surface area contributed by atoms with Gasteiger partial charge in [-0.3, -0.25) is 9.30 Å². The first-order valence-corrected chi connectivity index (χ1v) is 12.2. The lowest BCUT2D eigenvalue weighted by Gasteiger charge is -2.20. The van der Waals surface area contributed by atoms with Crippen molar-refractivity contribution in [3.8, 4) is 0 Å². The van der Waals surface area contributed by atoms with E-state index >= 15 is 0 Å². The van der Waals surface area contributed by atoms with Gasteiger partial charge in [0.25, 0.3) is 0 Å². The Hall–Kier alpha value is -1.80. The van der Waals surface area contributed by atoms with Crippen molar-refractivity contribution in [2.75, 3.05) is 42.8 Å². The van der Waals surface area contributed by atoms with Gasteiger partial charge in [-0.05, 0) is 49.7 Å². The average Bonchev–Trinajstić information content (AvgIpc) is 3.10. The molecule has 0 aromatic heterocycles. The third kappa shape index (κ3) is 7.19. The van der Waals surface area contributed by atoms with Gasteiger partial charge in [0.2, 0.25) is 10.0 Å². The monoisotopic (exact) mass is 424 g/mol. The molecule has 0 fully saturated rings. The van der Waals surface area contributed by atoms with Crippen LogP contribution in [0.1, 0.15) is 39.2 Å². The fourth-order valence-electron chi connectivity index (χ4n) is 3.70. The number of aliphatic imine (C=N–C) groups is 1. The maximum Gasteiger partial charge on any atom is 0.236 e. The van der Waals surface area contributed by atoms with Crippen LogP contribution in [0.3, 0.4) is 0 Å². The molecule has 0 saturated carbocycles. The third-order valence-electron chi connectivity index (χ3n) is 5.03. The number of anilines is 1. The summed E-state index contributed by atoms with van der Waals surface area (Å²) in [5.41, 5.74) is 1.88. The number of nitrogens with one attached hydrogen (secondary N) is 2. The Morgan fingerprint density at radius 1 is 1.28 bits per heavy atom. The van der Waals surface area contributed by atoms with E-state index in [1.165, 1.54) is 4.31 Å². The van der Waals surface area contributed by atoms with E-state index in [1.807, 2.05) is 31.2 Å². The van der Waals surface area contributed by atoms with Crippen LogP contribution in [0.5, 0.6) is 0 Å². The molecule has 1 aliphatic heterocycles. The minimum Gasteiger partial charge on any atom is -0.396 e. The number of nitrogens with zero attached hydrogens (tertiary/aromatic N) is 2. The molecular weight excluding hydrogens is 388 g/mol. The summed E-state index contributed by atoms with van der Waals surface area (Å²) in [5, 5.41) is 15.6. The predicted octanol–water partition coefficient (Wildman–Crippen LogP) is 1.98. The van der Waals surface area contributed by atoms with E-state index in [2.05, 4.69) is 29.5 Å². The normalized spacial score (nSPS) is 15.5. The lowest BCUT2D eigenvalue weighted by atomic mass is 9.94. The Kier molecular flexibility index (Phi) is 9.23. The van der Waals surface area contributed by atoms with E-state index < -0.39 is 10.0 Å². The SMILES string of the molecule is CCNC(=NCC(CCO)CC(C)C)NCCS(=O)(=O)N1CCc2ccccc21. The molecule has 0 amide bonds. The quantitative estimate of drug-likeness (QED) is 0.373. The van der Waals surface area contributed by atoms with Crippen LogP contribution in [0.15, 0.2) is 29.3 Å². The van der Waals surface area contributed by atoms with Crippen molar-refractivity contribution in [2.24, 2.45) is 16.8 Å². The molecule has 0 saturated heterocycles. The molecule has 1 heterocycles. The number of fused-ring (bicyclic) bond motifs is 1. The number of aliphatic hydroxyl groups excluding tert-OH is 1. The van der Waals surface area contributed by atoms with Crippen molar-refractivity contribution in [1.29, 1.82) is 0 Å². The molecule has 0 spiro atoms. The van der Waals surface area contributed by atoms with Crippen LogP contribution in [0, 0.1) is 11.8 Å². The van der Waals surface area contributed by atoms with E-state index in [4.69, 9.17) is 0 Å².